The van der Waals surface area contributed by atoms with Crippen LogP contribution in [0.5, 0.6) is 5.75 Å². The number of aliphatic carboxylic acids is 1. The van der Waals surface area contributed by atoms with E-state index in [2.05, 4.69) is 5.32 Å². The van der Waals surface area contributed by atoms with Crippen LogP contribution in [-0.2, 0) is 20.7 Å². The van der Waals surface area contributed by atoms with E-state index in [1.807, 2.05) is 48.5 Å². The number of benzene rings is 2. The van der Waals surface area contributed by atoms with Gasteiger partial charge in [0, 0.05) is 18.6 Å². The van der Waals surface area contributed by atoms with Gasteiger partial charge in [-0.3, -0.25) is 4.79 Å². The normalized spacial score (nSPS) is 21.8. The number of amides is 1. The fraction of sp³-hybridized carbons (Fsp3) is 0.417. The first-order valence-electron chi connectivity index (χ1n) is 10.5. The van der Waals surface area contributed by atoms with Gasteiger partial charge in [0.2, 0.25) is 0 Å². The van der Waals surface area contributed by atoms with Crippen molar-refractivity contribution in [2.45, 2.75) is 56.8 Å². The molecule has 2 aliphatic rings. The molecule has 2 N–H and O–H groups in total. The molecule has 158 valence electrons. The number of carboxylic acids is 1. The molecule has 0 aromatic heterocycles. The highest BCUT2D eigenvalue weighted by Crippen LogP contribution is 2.34. The number of carboxylic acid groups (broad SMARTS) is 1. The van der Waals surface area contributed by atoms with Gasteiger partial charge in [0.25, 0.3) is 5.91 Å². The molecule has 0 spiro atoms. The Kier molecular flexibility index (Phi) is 5.77. The molecule has 30 heavy (non-hydrogen) atoms. The van der Waals surface area contributed by atoms with Gasteiger partial charge in [-0.05, 0) is 49.8 Å². The molecule has 1 heterocycles. The summed E-state index contributed by atoms with van der Waals surface area (Å²) >= 11 is 0. The van der Waals surface area contributed by atoms with Gasteiger partial charge in [0.1, 0.15) is 17.4 Å². The highest BCUT2D eigenvalue weighted by Gasteiger charge is 2.39. The average Bonchev–Trinajstić information content (AvgIpc) is 3.45. The summed E-state index contributed by atoms with van der Waals surface area (Å²) in [5.41, 5.74) is 1.93. The van der Waals surface area contributed by atoms with E-state index in [9.17, 15) is 14.7 Å². The Morgan fingerprint density at radius 1 is 1.20 bits per heavy atom. The van der Waals surface area contributed by atoms with Crippen molar-refractivity contribution in [2.24, 2.45) is 0 Å². The highest BCUT2D eigenvalue weighted by molar-refractivity contribution is 5.89. The summed E-state index contributed by atoms with van der Waals surface area (Å²) in [4.78, 5) is 24.3. The summed E-state index contributed by atoms with van der Waals surface area (Å²) < 4.78 is 11.5. The van der Waals surface area contributed by atoms with Crippen LogP contribution >= 0.6 is 0 Å². The molecule has 2 atom stereocenters. The fourth-order valence-corrected chi connectivity index (χ4v) is 3.70. The number of rotatable bonds is 8. The van der Waals surface area contributed by atoms with Crippen LogP contribution in [0.4, 0.5) is 0 Å². The van der Waals surface area contributed by atoms with Crippen LogP contribution in [-0.4, -0.2) is 41.3 Å². The van der Waals surface area contributed by atoms with Crippen LogP contribution in [0.25, 0.3) is 11.1 Å². The quantitative estimate of drug-likeness (QED) is 0.696. The zero-order valence-electron chi connectivity index (χ0n) is 17.1. The Morgan fingerprint density at radius 2 is 1.93 bits per heavy atom. The van der Waals surface area contributed by atoms with Crippen LogP contribution in [0.2, 0.25) is 0 Å². The number of nitrogens with one attached hydrogen (secondary N) is 1. The Balaban J connectivity index is 1.45. The van der Waals surface area contributed by atoms with Gasteiger partial charge in [-0.25, -0.2) is 4.79 Å². The summed E-state index contributed by atoms with van der Waals surface area (Å²) in [6, 6.07) is 14.7. The largest absolute Gasteiger partial charge is 0.490 e. The summed E-state index contributed by atoms with van der Waals surface area (Å²) in [5, 5.41) is 12.2. The fourth-order valence-electron chi connectivity index (χ4n) is 3.70. The molecule has 1 saturated carbocycles. The topological polar surface area (TPSA) is 84.9 Å². The number of hydrogen-bond acceptors (Lipinski definition) is 4. The van der Waals surface area contributed by atoms with Crippen molar-refractivity contribution >= 4 is 11.9 Å². The third-order valence-corrected chi connectivity index (χ3v) is 5.71. The standard InChI is InChI=1S/C24H27NO5/c1-24(13-4-14-29-24)23(28)25-20(22(26)27)15-16-7-9-17(10-8-16)19-5-2-3-6-21(19)30-18-11-12-18/h2-3,5-10,18,20H,4,11-15H2,1H3,(H,25,28)(H,26,27)/t20-,24+/m0/s1. The van der Waals surface area contributed by atoms with Crippen LogP contribution in [0.1, 0.15) is 38.2 Å². The number of ether oxygens (including phenoxy) is 2. The Hall–Kier alpha value is -2.86. The lowest BCUT2D eigenvalue weighted by Crippen LogP contribution is -2.51. The lowest BCUT2D eigenvalue weighted by atomic mass is 9.98. The summed E-state index contributed by atoms with van der Waals surface area (Å²) in [6.07, 6.45) is 4.12. The Bertz CT molecular complexity index is 913. The molecule has 2 aromatic carbocycles. The molecule has 1 saturated heterocycles. The molecular formula is C24H27NO5. The van der Waals surface area contributed by atoms with Crippen molar-refractivity contribution in [1.29, 1.82) is 0 Å². The second kappa shape index (κ2) is 8.48. The Labute approximate surface area is 176 Å². The molecule has 1 aliphatic carbocycles. The first-order valence-corrected chi connectivity index (χ1v) is 10.5. The zero-order chi connectivity index (χ0) is 21.1. The zero-order valence-corrected chi connectivity index (χ0v) is 17.1. The second-order valence-corrected chi connectivity index (χ2v) is 8.26. The van der Waals surface area contributed by atoms with Crippen molar-refractivity contribution in [3.63, 3.8) is 0 Å². The van der Waals surface area contributed by atoms with Crippen LogP contribution < -0.4 is 10.1 Å². The third kappa shape index (κ3) is 4.65. The minimum atomic E-state index is -1.06. The smallest absolute Gasteiger partial charge is 0.326 e. The highest BCUT2D eigenvalue weighted by atomic mass is 16.5. The molecule has 1 aliphatic heterocycles. The van der Waals surface area contributed by atoms with E-state index in [1.54, 1.807) is 6.92 Å². The number of hydrogen-bond donors (Lipinski definition) is 2. The first kappa shape index (κ1) is 20.4. The minimum absolute atomic E-state index is 0.206. The SMILES string of the molecule is C[C@]1(C(=O)N[C@@H](Cc2ccc(-c3ccccc3OC3CC3)cc2)C(=O)O)CCCO1. The van der Waals surface area contributed by atoms with E-state index in [0.717, 1.165) is 41.7 Å². The van der Waals surface area contributed by atoms with E-state index in [1.165, 1.54) is 0 Å². The minimum Gasteiger partial charge on any atom is -0.490 e. The lowest BCUT2D eigenvalue weighted by Gasteiger charge is -2.24. The van der Waals surface area contributed by atoms with Crippen molar-refractivity contribution in [1.82, 2.24) is 5.32 Å². The van der Waals surface area contributed by atoms with E-state index in [-0.39, 0.29) is 12.3 Å². The maximum absolute atomic E-state index is 12.5. The third-order valence-electron chi connectivity index (χ3n) is 5.71. The predicted molar refractivity (Wildman–Crippen MR) is 112 cm³/mol. The predicted octanol–water partition coefficient (Wildman–Crippen LogP) is 3.58. The van der Waals surface area contributed by atoms with Crippen molar-refractivity contribution in [3.8, 4) is 16.9 Å². The van der Waals surface area contributed by atoms with Crippen LogP contribution in [0.15, 0.2) is 48.5 Å². The average molecular weight is 409 g/mol. The van der Waals surface area contributed by atoms with Gasteiger partial charge in [0.15, 0.2) is 0 Å². The molecule has 6 heteroatoms. The van der Waals surface area contributed by atoms with Crippen molar-refractivity contribution in [2.75, 3.05) is 6.61 Å². The van der Waals surface area contributed by atoms with Crippen LogP contribution in [0, 0.1) is 0 Å². The molecule has 6 nitrogen and oxygen atoms in total. The molecule has 0 unspecified atom stereocenters. The Morgan fingerprint density at radius 3 is 2.57 bits per heavy atom. The van der Waals surface area contributed by atoms with Gasteiger partial charge >= 0.3 is 5.97 Å². The van der Waals surface area contributed by atoms with Gasteiger partial charge in [-0.2, -0.15) is 0 Å². The molecule has 2 aromatic rings. The van der Waals surface area contributed by atoms with E-state index in [0.29, 0.717) is 19.1 Å². The van der Waals surface area contributed by atoms with Gasteiger partial charge < -0.3 is 19.9 Å². The van der Waals surface area contributed by atoms with E-state index < -0.39 is 17.6 Å². The van der Waals surface area contributed by atoms with Crippen molar-refractivity contribution < 1.29 is 24.2 Å². The van der Waals surface area contributed by atoms with E-state index >= 15 is 0 Å². The molecule has 0 radical (unpaired) electrons. The second-order valence-electron chi connectivity index (χ2n) is 8.26. The van der Waals surface area contributed by atoms with Gasteiger partial charge in [0.05, 0.1) is 6.10 Å². The first-order chi connectivity index (χ1) is 14.4. The summed E-state index contributed by atoms with van der Waals surface area (Å²) in [7, 11) is 0. The van der Waals surface area contributed by atoms with Gasteiger partial charge in [-0.1, -0.05) is 42.5 Å². The lowest BCUT2D eigenvalue weighted by molar-refractivity contribution is -0.147. The molecule has 1 amide bonds. The molecule has 2 fully saturated rings. The number of carbonyl (C=O) groups is 2. The maximum atomic E-state index is 12.5. The molecular weight excluding hydrogens is 382 g/mol. The monoisotopic (exact) mass is 409 g/mol. The van der Waals surface area contributed by atoms with Crippen molar-refractivity contribution in [3.05, 3.63) is 54.1 Å². The number of para-hydroxylation sites is 1. The van der Waals surface area contributed by atoms with Gasteiger partial charge in [-0.15, -0.1) is 0 Å². The van der Waals surface area contributed by atoms with Crippen LogP contribution in [0.3, 0.4) is 0 Å². The summed E-state index contributed by atoms with van der Waals surface area (Å²) in [6.45, 7) is 2.24. The van der Waals surface area contributed by atoms with E-state index in [4.69, 9.17) is 9.47 Å². The molecule has 0 bridgehead atoms. The maximum Gasteiger partial charge on any atom is 0.326 e. The summed E-state index contributed by atoms with van der Waals surface area (Å²) in [5.74, 6) is -0.555. The number of carbonyl (C=O) groups excluding carboxylic acids is 1. The molecule has 4 rings (SSSR count).